The lowest BCUT2D eigenvalue weighted by Gasteiger charge is -2.34. The minimum absolute atomic E-state index is 0.00737. The Bertz CT molecular complexity index is 1720. The van der Waals surface area contributed by atoms with Crippen LogP contribution in [0.5, 0.6) is 0 Å². The maximum atomic E-state index is 14.5. The molecule has 236 valence electrons. The number of carbonyl (C=O) groups excluding carboxylic acids is 2. The van der Waals surface area contributed by atoms with Gasteiger partial charge in [0.1, 0.15) is 12.6 Å². The molecule has 11 heteroatoms. The van der Waals surface area contributed by atoms with Crippen molar-refractivity contribution in [2.24, 2.45) is 0 Å². The number of carbonyl (C=O) groups is 2. The number of nitrogens with one attached hydrogen (secondary N) is 1. The first-order chi connectivity index (χ1) is 21.5. The van der Waals surface area contributed by atoms with E-state index in [2.05, 4.69) is 21.2 Å². The Balaban J connectivity index is 1.81. The third kappa shape index (κ3) is 9.10. The third-order valence-corrected chi connectivity index (χ3v) is 10.2. The number of hydrogen-bond donors (Lipinski definition) is 1. The molecule has 0 fully saturated rings. The average Bonchev–Trinajstić information content (AvgIpc) is 3.03. The summed E-state index contributed by atoms with van der Waals surface area (Å²) >= 11 is 15.9. The van der Waals surface area contributed by atoms with Crippen LogP contribution in [-0.4, -0.2) is 44.3 Å². The summed E-state index contributed by atoms with van der Waals surface area (Å²) < 4.78 is 30.1. The van der Waals surface area contributed by atoms with Crippen molar-refractivity contribution in [3.63, 3.8) is 0 Å². The monoisotopic (exact) mass is 729 g/mol. The second-order valence-electron chi connectivity index (χ2n) is 10.6. The van der Waals surface area contributed by atoms with E-state index >= 15 is 0 Å². The summed E-state index contributed by atoms with van der Waals surface area (Å²) in [6, 6.07) is 26.7. The molecule has 4 rings (SSSR count). The van der Waals surface area contributed by atoms with Crippen LogP contribution < -0.4 is 9.62 Å². The van der Waals surface area contributed by atoms with E-state index in [-0.39, 0.29) is 39.5 Å². The van der Waals surface area contributed by atoms with Gasteiger partial charge in [0.05, 0.1) is 20.6 Å². The molecule has 1 atom stereocenters. The highest BCUT2D eigenvalue weighted by Crippen LogP contribution is 2.31. The van der Waals surface area contributed by atoms with E-state index < -0.39 is 28.5 Å². The smallest absolute Gasteiger partial charge is 0.264 e. The van der Waals surface area contributed by atoms with Gasteiger partial charge in [0, 0.05) is 24.0 Å². The van der Waals surface area contributed by atoms with Crippen LogP contribution in [0, 0.1) is 6.92 Å². The quantitative estimate of drug-likeness (QED) is 0.155. The number of rotatable bonds is 13. The standard InChI is InChI=1S/C34H34BrCl2N3O4S/c1-3-19-38-34(42)32(20-25-7-5-4-6-8-25)39(22-26-11-13-27(35)14-12-26)33(41)23-40(28-15-18-30(36)31(37)21-28)45(43,44)29-16-9-24(2)10-17-29/h4-18,21,32H,3,19-20,22-23H2,1-2H3,(H,38,42). The van der Waals surface area contributed by atoms with Crippen molar-refractivity contribution in [2.75, 3.05) is 17.4 Å². The predicted molar refractivity (Wildman–Crippen MR) is 184 cm³/mol. The average molecular weight is 732 g/mol. The number of nitrogens with zero attached hydrogens (tertiary/aromatic N) is 2. The lowest BCUT2D eigenvalue weighted by atomic mass is 10.0. The highest BCUT2D eigenvalue weighted by molar-refractivity contribution is 9.10. The summed E-state index contributed by atoms with van der Waals surface area (Å²) in [5, 5.41) is 3.32. The zero-order valence-electron chi connectivity index (χ0n) is 24.9. The Hall–Kier alpha value is -3.37. The molecule has 0 aliphatic rings. The fourth-order valence-electron chi connectivity index (χ4n) is 4.71. The molecule has 0 radical (unpaired) electrons. The maximum absolute atomic E-state index is 14.5. The Morgan fingerprint density at radius 1 is 0.867 bits per heavy atom. The first-order valence-electron chi connectivity index (χ1n) is 14.4. The Morgan fingerprint density at radius 2 is 1.53 bits per heavy atom. The van der Waals surface area contributed by atoms with Crippen LogP contribution >= 0.6 is 39.1 Å². The Kier molecular flexibility index (Phi) is 12.1. The van der Waals surface area contributed by atoms with E-state index in [0.29, 0.717) is 13.0 Å². The fourth-order valence-corrected chi connectivity index (χ4v) is 6.68. The van der Waals surface area contributed by atoms with Gasteiger partial charge in [-0.05, 0) is 66.9 Å². The van der Waals surface area contributed by atoms with Gasteiger partial charge >= 0.3 is 0 Å². The van der Waals surface area contributed by atoms with Gasteiger partial charge in [-0.3, -0.25) is 13.9 Å². The highest BCUT2D eigenvalue weighted by atomic mass is 79.9. The van der Waals surface area contributed by atoms with Crippen LogP contribution in [0.2, 0.25) is 10.0 Å². The van der Waals surface area contributed by atoms with Gasteiger partial charge in [-0.2, -0.15) is 0 Å². The molecule has 0 bridgehead atoms. The van der Waals surface area contributed by atoms with E-state index in [9.17, 15) is 18.0 Å². The van der Waals surface area contributed by atoms with E-state index in [0.717, 1.165) is 25.5 Å². The first-order valence-corrected chi connectivity index (χ1v) is 17.4. The number of hydrogen-bond acceptors (Lipinski definition) is 4. The summed E-state index contributed by atoms with van der Waals surface area (Å²) in [5.74, 6) is -0.888. The van der Waals surface area contributed by atoms with Crippen molar-refractivity contribution in [1.29, 1.82) is 0 Å². The van der Waals surface area contributed by atoms with Gasteiger partial charge < -0.3 is 10.2 Å². The van der Waals surface area contributed by atoms with Crippen LogP contribution in [0.4, 0.5) is 5.69 Å². The minimum Gasteiger partial charge on any atom is -0.354 e. The summed E-state index contributed by atoms with van der Waals surface area (Å²) in [6.07, 6.45) is 0.945. The molecular weight excluding hydrogens is 697 g/mol. The maximum Gasteiger partial charge on any atom is 0.264 e. The van der Waals surface area contributed by atoms with Crippen LogP contribution in [0.15, 0.2) is 106 Å². The Labute approximate surface area is 283 Å². The van der Waals surface area contributed by atoms with Crippen LogP contribution in [0.25, 0.3) is 0 Å². The number of benzene rings is 4. The molecule has 1 N–H and O–H groups in total. The van der Waals surface area contributed by atoms with E-state index in [1.165, 1.54) is 35.2 Å². The summed E-state index contributed by atoms with van der Waals surface area (Å²) in [5.41, 5.74) is 2.68. The van der Waals surface area contributed by atoms with Crippen molar-refractivity contribution in [3.8, 4) is 0 Å². The fraction of sp³-hybridized carbons (Fsp3) is 0.235. The number of amides is 2. The third-order valence-electron chi connectivity index (χ3n) is 7.17. The summed E-state index contributed by atoms with van der Waals surface area (Å²) in [6.45, 7) is 3.72. The van der Waals surface area contributed by atoms with Gasteiger partial charge in [-0.25, -0.2) is 8.42 Å². The zero-order valence-corrected chi connectivity index (χ0v) is 28.8. The zero-order chi connectivity index (χ0) is 32.6. The molecule has 2 amide bonds. The van der Waals surface area contributed by atoms with Crippen molar-refractivity contribution in [2.45, 2.75) is 44.2 Å². The minimum atomic E-state index is -4.25. The number of anilines is 1. The topological polar surface area (TPSA) is 86.8 Å². The molecule has 45 heavy (non-hydrogen) atoms. The molecule has 0 aliphatic carbocycles. The van der Waals surface area contributed by atoms with Gasteiger partial charge in [0.2, 0.25) is 11.8 Å². The molecule has 7 nitrogen and oxygen atoms in total. The van der Waals surface area contributed by atoms with Gasteiger partial charge in [-0.1, -0.05) is 106 Å². The first kappa shape index (κ1) is 34.5. The van der Waals surface area contributed by atoms with E-state index in [4.69, 9.17) is 23.2 Å². The van der Waals surface area contributed by atoms with Crippen molar-refractivity contribution in [1.82, 2.24) is 10.2 Å². The molecule has 0 aromatic heterocycles. The summed E-state index contributed by atoms with van der Waals surface area (Å²) in [4.78, 5) is 29.6. The van der Waals surface area contributed by atoms with Gasteiger partial charge in [0.25, 0.3) is 10.0 Å². The van der Waals surface area contributed by atoms with Crippen molar-refractivity contribution in [3.05, 3.63) is 128 Å². The Morgan fingerprint density at radius 3 is 2.16 bits per heavy atom. The number of sulfonamides is 1. The predicted octanol–water partition coefficient (Wildman–Crippen LogP) is 7.43. The molecule has 4 aromatic rings. The van der Waals surface area contributed by atoms with E-state index in [1.807, 2.05) is 68.4 Å². The lowest BCUT2D eigenvalue weighted by molar-refractivity contribution is -0.140. The van der Waals surface area contributed by atoms with Gasteiger partial charge in [0.15, 0.2) is 0 Å². The van der Waals surface area contributed by atoms with E-state index in [1.54, 1.807) is 12.1 Å². The van der Waals surface area contributed by atoms with Crippen LogP contribution in [0.1, 0.15) is 30.0 Å². The second kappa shape index (κ2) is 15.8. The molecule has 1 unspecified atom stereocenters. The molecule has 0 spiro atoms. The molecule has 0 saturated heterocycles. The molecule has 0 saturated carbocycles. The molecule has 0 aliphatic heterocycles. The SMILES string of the molecule is CCCNC(=O)C(Cc1ccccc1)N(Cc1ccc(Br)cc1)C(=O)CN(c1ccc(Cl)c(Cl)c1)S(=O)(=O)c1ccc(C)cc1. The van der Waals surface area contributed by atoms with Crippen LogP contribution in [0.3, 0.4) is 0 Å². The van der Waals surface area contributed by atoms with Crippen molar-refractivity contribution >= 4 is 66.7 Å². The molecule has 0 heterocycles. The number of halogens is 3. The normalized spacial score (nSPS) is 11.9. The number of aryl methyl sites for hydroxylation is 1. The van der Waals surface area contributed by atoms with Crippen LogP contribution in [-0.2, 0) is 32.6 Å². The van der Waals surface area contributed by atoms with Crippen molar-refractivity contribution < 1.29 is 18.0 Å². The largest absolute Gasteiger partial charge is 0.354 e. The van der Waals surface area contributed by atoms with Gasteiger partial charge in [-0.15, -0.1) is 0 Å². The second-order valence-corrected chi connectivity index (χ2v) is 14.2. The highest BCUT2D eigenvalue weighted by Gasteiger charge is 2.34. The summed E-state index contributed by atoms with van der Waals surface area (Å²) in [7, 11) is -4.25. The molecule has 4 aromatic carbocycles. The lowest BCUT2D eigenvalue weighted by Crippen LogP contribution is -2.53. The molecular formula is C34H34BrCl2N3O4S.